The molecule has 0 spiro atoms. The van der Waals surface area contributed by atoms with Crippen molar-refractivity contribution in [3.63, 3.8) is 0 Å². The zero-order valence-corrected chi connectivity index (χ0v) is 15.8. The lowest BCUT2D eigenvalue weighted by Gasteiger charge is -2.31. The van der Waals surface area contributed by atoms with Crippen LogP contribution in [0.2, 0.25) is 0 Å². The molecule has 1 aromatic heterocycles. The largest absolute Gasteiger partial charge is 0.496 e. The van der Waals surface area contributed by atoms with Crippen LogP contribution in [0, 0.1) is 0 Å². The van der Waals surface area contributed by atoms with Gasteiger partial charge in [0.1, 0.15) is 11.8 Å². The maximum atomic E-state index is 13.3. The van der Waals surface area contributed by atoms with Crippen LogP contribution in [0.4, 0.5) is 0 Å². The molecule has 142 valence electrons. The lowest BCUT2D eigenvalue weighted by molar-refractivity contribution is -0.143. The van der Waals surface area contributed by atoms with Gasteiger partial charge in [0, 0.05) is 44.0 Å². The van der Waals surface area contributed by atoms with Crippen LogP contribution < -0.4 is 4.74 Å². The summed E-state index contributed by atoms with van der Waals surface area (Å²) in [5.41, 5.74) is 1.93. The van der Waals surface area contributed by atoms with Crippen LogP contribution in [0.3, 0.4) is 0 Å². The van der Waals surface area contributed by atoms with E-state index in [2.05, 4.69) is 4.98 Å². The molecule has 0 bridgehead atoms. The van der Waals surface area contributed by atoms with Crippen LogP contribution in [0.25, 0.3) is 0 Å². The Balaban J connectivity index is 1.84. The number of likely N-dealkylation sites (tertiary alicyclic amines) is 1. The van der Waals surface area contributed by atoms with Crippen LogP contribution in [0.1, 0.15) is 30.9 Å². The Labute approximate surface area is 159 Å². The van der Waals surface area contributed by atoms with E-state index < -0.39 is 6.04 Å². The van der Waals surface area contributed by atoms with Crippen molar-refractivity contribution in [2.45, 2.75) is 38.9 Å². The van der Waals surface area contributed by atoms with Gasteiger partial charge in [-0.25, -0.2) is 0 Å². The molecule has 1 saturated heterocycles. The Morgan fingerprint density at radius 2 is 1.96 bits per heavy atom. The Hall–Kier alpha value is -2.89. The second-order valence-electron chi connectivity index (χ2n) is 6.73. The number of rotatable bonds is 7. The van der Waals surface area contributed by atoms with Crippen molar-refractivity contribution >= 4 is 11.8 Å². The smallest absolute Gasteiger partial charge is 0.245 e. The van der Waals surface area contributed by atoms with Gasteiger partial charge >= 0.3 is 0 Å². The lowest BCUT2D eigenvalue weighted by atomic mass is 10.1. The van der Waals surface area contributed by atoms with E-state index in [4.69, 9.17) is 4.74 Å². The molecule has 1 aliphatic heterocycles. The summed E-state index contributed by atoms with van der Waals surface area (Å²) in [7, 11) is 1.62. The third kappa shape index (κ3) is 4.45. The summed E-state index contributed by atoms with van der Waals surface area (Å²) in [6.07, 6.45) is 4.77. The highest BCUT2D eigenvalue weighted by molar-refractivity contribution is 5.88. The van der Waals surface area contributed by atoms with Gasteiger partial charge in [-0.3, -0.25) is 14.6 Å². The van der Waals surface area contributed by atoms with Crippen molar-refractivity contribution in [2.75, 3.05) is 13.7 Å². The molecule has 6 heteroatoms. The number of ether oxygens (including phenoxy) is 1. The lowest BCUT2D eigenvalue weighted by Crippen LogP contribution is -2.47. The number of hydrogen-bond donors (Lipinski definition) is 0. The van der Waals surface area contributed by atoms with Gasteiger partial charge in [-0.15, -0.1) is 0 Å². The van der Waals surface area contributed by atoms with Crippen molar-refractivity contribution < 1.29 is 14.3 Å². The fourth-order valence-corrected chi connectivity index (χ4v) is 3.44. The molecule has 2 aromatic rings. The summed E-state index contributed by atoms with van der Waals surface area (Å²) >= 11 is 0. The molecule has 1 aromatic carbocycles. The van der Waals surface area contributed by atoms with E-state index >= 15 is 0 Å². The molecule has 0 saturated carbocycles. The second kappa shape index (κ2) is 8.66. The molecule has 0 aliphatic carbocycles. The fraction of sp³-hybridized carbons (Fsp3) is 0.381. The van der Waals surface area contributed by atoms with Gasteiger partial charge in [0.05, 0.1) is 7.11 Å². The van der Waals surface area contributed by atoms with Crippen LogP contribution in [-0.4, -0.2) is 46.3 Å². The molecule has 3 rings (SSSR count). The number of pyridine rings is 1. The molecule has 2 amide bonds. The van der Waals surface area contributed by atoms with Crippen molar-refractivity contribution in [3.8, 4) is 5.75 Å². The first-order valence-electron chi connectivity index (χ1n) is 9.19. The second-order valence-corrected chi connectivity index (χ2v) is 6.73. The van der Waals surface area contributed by atoms with Crippen molar-refractivity contribution in [2.24, 2.45) is 0 Å². The van der Waals surface area contributed by atoms with Gasteiger partial charge in [0.2, 0.25) is 11.8 Å². The zero-order valence-electron chi connectivity index (χ0n) is 15.8. The number of hydrogen-bond acceptors (Lipinski definition) is 4. The number of methoxy groups -OCH3 is 1. The number of amides is 2. The molecule has 1 atom stereocenters. The molecule has 0 N–H and O–H groups in total. The highest BCUT2D eigenvalue weighted by Crippen LogP contribution is 2.22. The summed E-state index contributed by atoms with van der Waals surface area (Å²) in [5.74, 6) is 0.736. The molecular weight excluding hydrogens is 342 g/mol. The van der Waals surface area contributed by atoms with Crippen molar-refractivity contribution in [1.29, 1.82) is 0 Å². The van der Waals surface area contributed by atoms with Gasteiger partial charge in [0.25, 0.3) is 0 Å². The first-order chi connectivity index (χ1) is 13.1. The van der Waals surface area contributed by atoms with E-state index in [0.717, 1.165) is 23.3 Å². The van der Waals surface area contributed by atoms with E-state index in [1.54, 1.807) is 29.3 Å². The maximum Gasteiger partial charge on any atom is 0.245 e. The number of para-hydroxylation sites is 1. The van der Waals surface area contributed by atoms with Gasteiger partial charge < -0.3 is 14.5 Å². The van der Waals surface area contributed by atoms with Gasteiger partial charge in [-0.05, 0) is 37.1 Å². The highest BCUT2D eigenvalue weighted by Gasteiger charge is 2.32. The molecule has 27 heavy (non-hydrogen) atoms. The molecule has 1 aliphatic rings. The number of benzene rings is 1. The van der Waals surface area contributed by atoms with Crippen molar-refractivity contribution in [1.82, 2.24) is 14.8 Å². The molecular formula is C21H25N3O3. The predicted molar refractivity (Wildman–Crippen MR) is 102 cm³/mol. The van der Waals surface area contributed by atoms with E-state index in [0.29, 0.717) is 26.1 Å². The van der Waals surface area contributed by atoms with E-state index in [1.165, 1.54) is 0 Å². The third-order valence-corrected chi connectivity index (χ3v) is 4.92. The first-order valence-corrected chi connectivity index (χ1v) is 9.19. The number of carbonyl (C=O) groups is 2. The minimum atomic E-state index is -0.475. The van der Waals surface area contributed by atoms with Crippen LogP contribution in [-0.2, 0) is 22.7 Å². The normalized spacial score (nSPS) is 14.9. The Kier molecular flexibility index (Phi) is 6.06. The summed E-state index contributed by atoms with van der Waals surface area (Å²) < 4.78 is 5.44. The molecule has 2 heterocycles. The van der Waals surface area contributed by atoms with E-state index in [-0.39, 0.29) is 11.8 Å². The maximum absolute atomic E-state index is 13.3. The molecule has 6 nitrogen and oxygen atoms in total. The topological polar surface area (TPSA) is 62.7 Å². The summed E-state index contributed by atoms with van der Waals surface area (Å²) in [4.78, 5) is 32.9. The number of aromatic nitrogens is 1. The average Bonchev–Trinajstić information content (AvgIpc) is 3.13. The standard InChI is InChI=1S/C21H25N3O3/c1-16(24-13-5-8-20(24)25)21(26)23(14-17-9-11-22-12-10-17)15-18-6-3-4-7-19(18)27-2/h3-4,6-7,9-12,16H,5,8,13-15H2,1-2H3/t16-/m1/s1. The zero-order chi connectivity index (χ0) is 19.2. The monoisotopic (exact) mass is 367 g/mol. The third-order valence-electron chi connectivity index (χ3n) is 4.92. The number of nitrogens with zero attached hydrogens (tertiary/aromatic N) is 3. The first kappa shape index (κ1) is 18.9. The number of carbonyl (C=O) groups excluding carboxylic acids is 2. The van der Waals surface area contributed by atoms with Crippen LogP contribution in [0.5, 0.6) is 5.75 Å². The Bertz CT molecular complexity index is 794. The molecule has 0 unspecified atom stereocenters. The van der Waals surface area contributed by atoms with Gasteiger partial charge in [0.15, 0.2) is 0 Å². The Morgan fingerprint density at radius 3 is 2.63 bits per heavy atom. The minimum absolute atomic E-state index is 0.0528. The minimum Gasteiger partial charge on any atom is -0.496 e. The Morgan fingerprint density at radius 1 is 1.22 bits per heavy atom. The summed E-state index contributed by atoms with van der Waals surface area (Å²) in [6.45, 7) is 3.32. The highest BCUT2D eigenvalue weighted by atomic mass is 16.5. The van der Waals surface area contributed by atoms with Crippen LogP contribution in [0.15, 0.2) is 48.8 Å². The SMILES string of the molecule is COc1ccccc1CN(Cc1ccncc1)C(=O)[C@@H](C)N1CCCC1=O. The quantitative estimate of drug-likeness (QED) is 0.755. The van der Waals surface area contributed by atoms with E-state index in [1.807, 2.05) is 43.3 Å². The summed E-state index contributed by atoms with van der Waals surface area (Å²) in [5, 5.41) is 0. The predicted octanol–water partition coefficient (Wildman–Crippen LogP) is 2.63. The average molecular weight is 367 g/mol. The summed E-state index contributed by atoms with van der Waals surface area (Å²) in [6, 6.07) is 11.0. The molecule has 1 fully saturated rings. The van der Waals surface area contributed by atoms with Crippen LogP contribution >= 0.6 is 0 Å². The fourth-order valence-electron chi connectivity index (χ4n) is 3.44. The van der Waals surface area contributed by atoms with Gasteiger partial charge in [-0.2, -0.15) is 0 Å². The van der Waals surface area contributed by atoms with Crippen molar-refractivity contribution in [3.05, 3.63) is 59.9 Å². The van der Waals surface area contributed by atoms with Gasteiger partial charge in [-0.1, -0.05) is 18.2 Å². The molecule has 0 radical (unpaired) electrons. The van der Waals surface area contributed by atoms with E-state index in [9.17, 15) is 9.59 Å².